The van der Waals surface area contributed by atoms with E-state index in [1.807, 2.05) is 4.90 Å². The van der Waals surface area contributed by atoms with E-state index in [0.29, 0.717) is 24.2 Å². The zero-order valence-corrected chi connectivity index (χ0v) is 16.1. The number of nitrogen functional groups attached to an aromatic ring is 1. The molecule has 1 aliphatic heterocycles. The highest BCUT2D eigenvalue weighted by Gasteiger charge is 2.29. The van der Waals surface area contributed by atoms with Crippen LogP contribution in [0.3, 0.4) is 0 Å². The quantitative estimate of drug-likeness (QED) is 0.389. The Kier molecular flexibility index (Phi) is 7.38. The highest BCUT2D eigenvalue weighted by molar-refractivity contribution is 5.71. The first kappa shape index (κ1) is 20.2. The highest BCUT2D eigenvalue weighted by Crippen LogP contribution is 2.34. The van der Waals surface area contributed by atoms with E-state index >= 15 is 0 Å². The average molecular weight is 365 g/mol. The Hall–Kier alpha value is -2.16. The number of nitrogens with one attached hydrogen (secondary N) is 1. The molecule has 0 amide bonds. The summed E-state index contributed by atoms with van der Waals surface area (Å²) in [6.45, 7) is 11.7. The van der Waals surface area contributed by atoms with Crippen molar-refractivity contribution in [1.29, 1.82) is 0 Å². The van der Waals surface area contributed by atoms with E-state index in [9.17, 15) is 10.1 Å². The van der Waals surface area contributed by atoms with Crippen LogP contribution >= 0.6 is 0 Å². The van der Waals surface area contributed by atoms with Gasteiger partial charge in [-0.15, -0.1) is 0 Å². The lowest BCUT2D eigenvalue weighted by Crippen LogP contribution is -2.35. The lowest BCUT2D eigenvalue weighted by Gasteiger charge is -2.31. The van der Waals surface area contributed by atoms with Crippen molar-refractivity contribution in [2.45, 2.75) is 40.0 Å². The molecule has 0 radical (unpaired) electrons. The van der Waals surface area contributed by atoms with Gasteiger partial charge in [0.1, 0.15) is 0 Å². The SMILES string of the molecule is CCN(CC)CCCNc1nc(N)c([N+](=O)[O-])c(N2CCCC(C)C2)n1. The Bertz CT molecular complexity index is 607. The fourth-order valence-electron chi connectivity index (χ4n) is 3.36. The van der Waals surface area contributed by atoms with Crippen LogP contribution < -0.4 is 16.0 Å². The van der Waals surface area contributed by atoms with E-state index in [-0.39, 0.29) is 11.5 Å². The molecule has 1 atom stereocenters. The Morgan fingerprint density at radius 3 is 2.73 bits per heavy atom. The van der Waals surface area contributed by atoms with E-state index < -0.39 is 4.92 Å². The molecule has 0 spiro atoms. The minimum Gasteiger partial charge on any atom is -0.378 e. The Morgan fingerprint density at radius 1 is 1.38 bits per heavy atom. The van der Waals surface area contributed by atoms with Gasteiger partial charge in [-0.2, -0.15) is 9.97 Å². The van der Waals surface area contributed by atoms with Crippen molar-refractivity contribution in [1.82, 2.24) is 14.9 Å². The average Bonchev–Trinajstić information content (AvgIpc) is 2.61. The maximum Gasteiger partial charge on any atom is 0.353 e. The van der Waals surface area contributed by atoms with Crippen molar-refractivity contribution in [2.75, 3.05) is 55.2 Å². The molecule has 1 aromatic rings. The molecule has 3 N–H and O–H groups in total. The maximum absolute atomic E-state index is 11.5. The summed E-state index contributed by atoms with van der Waals surface area (Å²) in [7, 11) is 0. The minimum absolute atomic E-state index is 0.0792. The zero-order chi connectivity index (χ0) is 19.1. The number of nitrogens with zero attached hydrogens (tertiary/aromatic N) is 5. The van der Waals surface area contributed by atoms with Crippen molar-refractivity contribution in [3.63, 3.8) is 0 Å². The van der Waals surface area contributed by atoms with Crippen LogP contribution in [0.25, 0.3) is 0 Å². The Morgan fingerprint density at radius 2 is 2.12 bits per heavy atom. The fraction of sp³-hybridized carbons (Fsp3) is 0.765. The third-order valence-electron chi connectivity index (χ3n) is 4.86. The van der Waals surface area contributed by atoms with E-state index in [1.165, 1.54) is 0 Å². The lowest BCUT2D eigenvalue weighted by atomic mass is 10.0. The molecule has 146 valence electrons. The summed E-state index contributed by atoms with van der Waals surface area (Å²) in [6.07, 6.45) is 3.06. The van der Waals surface area contributed by atoms with Gasteiger partial charge in [-0.1, -0.05) is 20.8 Å². The molecule has 1 aliphatic rings. The van der Waals surface area contributed by atoms with Crippen molar-refractivity contribution in [3.05, 3.63) is 10.1 Å². The molecular weight excluding hydrogens is 334 g/mol. The molecular formula is C17H31N7O2. The Labute approximate surface area is 155 Å². The van der Waals surface area contributed by atoms with Crippen LogP contribution in [-0.4, -0.2) is 59.1 Å². The molecule has 2 rings (SSSR count). The van der Waals surface area contributed by atoms with Crippen LogP contribution in [-0.2, 0) is 0 Å². The number of anilines is 3. The zero-order valence-electron chi connectivity index (χ0n) is 16.1. The molecule has 1 aromatic heterocycles. The van der Waals surface area contributed by atoms with E-state index in [0.717, 1.165) is 52.0 Å². The number of hydrogen-bond donors (Lipinski definition) is 2. The second-order valence-corrected chi connectivity index (χ2v) is 6.86. The number of aromatic nitrogens is 2. The third kappa shape index (κ3) is 5.17. The summed E-state index contributed by atoms with van der Waals surface area (Å²) in [4.78, 5) is 23.8. The van der Waals surface area contributed by atoms with Gasteiger partial charge in [0, 0.05) is 19.6 Å². The number of piperidine rings is 1. The van der Waals surface area contributed by atoms with Gasteiger partial charge in [0.05, 0.1) is 4.92 Å². The Balaban J connectivity index is 2.12. The van der Waals surface area contributed by atoms with Crippen molar-refractivity contribution in [3.8, 4) is 0 Å². The number of rotatable bonds is 9. The van der Waals surface area contributed by atoms with E-state index in [4.69, 9.17) is 5.73 Å². The number of hydrogen-bond acceptors (Lipinski definition) is 8. The van der Waals surface area contributed by atoms with Gasteiger partial charge < -0.3 is 20.9 Å². The predicted molar refractivity (Wildman–Crippen MR) is 105 cm³/mol. The van der Waals surface area contributed by atoms with Gasteiger partial charge in [-0.3, -0.25) is 10.1 Å². The van der Waals surface area contributed by atoms with Gasteiger partial charge in [0.2, 0.25) is 17.6 Å². The molecule has 0 aliphatic carbocycles. The van der Waals surface area contributed by atoms with Crippen LogP contribution in [0.5, 0.6) is 0 Å². The van der Waals surface area contributed by atoms with Crippen LogP contribution in [0.1, 0.15) is 40.0 Å². The van der Waals surface area contributed by atoms with Crippen LogP contribution in [0.4, 0.5) is 23.3 Å². The molecule has 1 fully saturated rings. The van der Waals surface area contributed by atoms with Gasteiger partial charge in [0.25, 0.3) is 0 Å². The van der Waals surface area contributed by atoms with E-state index in [1.54, 1.807) is 0 Å². The van der Waals surface area contributed by atoms with Crippen molar-refractivity contribution < 1.29 is 4.92 Å². The molecule has 9 heteroatoms. The summed E-state index contributed by atoms with van der Waals surface area (Å²) >= 11 is 0. The van der Waals surface area contributed by atoms with Crippen molar-refractivity contribution in [2.24, 2.45) is 5.92 Å². The molecule has 26 heavy (non-hydrogen) atoms. The van der Waals surface area contributed by atoms with Gasteiger partial charge in [-0.25, -0.2) is 0 Å². The van der Waals surface area contributed by atoms with Crippen LogP contribution in [0, 0.1) is 16.0 Å². The first-order valence-electron chi connectivity index (χ1n) is 9.49. The van der Waals surface area contributed by atoms with Gasteiger partial charge >= 0.3 is 5.69 Å². The standard InChI is InChI=1S/C17H31N7O2/c1-4-22(5-2)10-7-9-19-17-20-15(18)14(24(25)26)16(21-17)23-11-6-8-13(3)12-23/h13H,4-12H2,1-3H3,(H3,18,19,20,21). The normalized spacial score (nSPS) is 17.5. The topological polar surface area (TPSA) is 113 Å². The third-order valence-corrected chi connectivity index (χ3v) is 4.86. The largest absolute Gasteiger partial charge is 0.378 e. The van der Waals surface area contributed by atoms with E-state index in [2.05, 4.69) is 41.0 Å². The van der Waals surface area contributed by atoms with Gasteiger partial charge in [-0.05, 0) is 44.8 Å². The smallest absolute Gasteiger partial charge is 0.353 e. The summed E-state index contributed by atoms with van der Waals surface area (Å²) in [5, 5.41) is 14.6. The fourth-order valence-corrected chi connectivity index (χ4v) is 3.36. The second kappa shape index (κ2) is 9.51. The predicted octanol–water partition coefficient (Wildman–Crippen LogP) is 2.35. The number of nitrogens with two attached hydrogens (primary N) is 1. The van der Waals surface area contributed by atoms with Crippen LogP contribution in [0.15, 0.2) is 0 Å². The molecule has 2 heterocycles. The second-order valence-electron chi connectivity index (χ2n) is 6.86. The molecule has 9 nitrogen and oxygen atoms in total. The minimum atomic E-state index is -0.478. The lowest BCUT2D eigenvalue weighted by molar-refractivity contribution is -0.383. The molecule has 1 unspecified atom stereocenters. The molecule has 0 saturated carbocycles. The molecule has 0 bridgehead atoms. The summed E-state index contributed by atoms with van der Waals surface area (Å²) < 4.78 is 0. The molecule has 1 saturated heterocycles. The van der Waals surface area contributed by atoms with Gasteiger partial charge in [0.15, 0.2) is 0 Å². The van der Waals surface area contributed by atoms with Crippen molar-refractivity contribution >= 4 is 23.3 Å². The first-order valence-corrected chi connectivity index (χ1v) is 9.49. The number of nitro groups is 1. The van der Waals surface area contributed by atoms with Crippen LogP contribution in [0.2, 0.25) is 0 Å². The molecule has 0 aromatic carbocycles. The summed E-state index contributed by atoms with van der Waals surface area (Å²) in [5.41, 5.74) is 5.71. The highest BCUT2D eigenvalue weighted by atomic mass is 16.6. The summed E-state index contributed by atoms with van der Waals surface area (Å²) in [5.74, 6) is 1.09. The maximum atomic E-state index is 11.5. The first-order chi connectivity index (χ1) is 12.5. The monoisotopic (exact) mass is 365 g/mol. The summed E-state index contributed by atoms with van der Waals surface area (Å²) in [6, 6.07) is 0.